The summed E-state index contributed by atoms with van der Waals surface area (Å²) in [6.07, 6.45) is 0. The molecule has 0 unspecified atom stereocenters. The van der Waals surface area contributed by atoms with Crippen LogP contribution in [-0.4, -0.2) is 12.5 Å². The number of nitrogens with two attached hydrogens (primary N) is 1. The van der Waals surface area contributed by atoms with E-state index in [0.29, 0.717) is 6.54 Å². The number of hydrogen-bond acceptors (Lipinski definition) is 2. The number of primary amides is 1. The van der Waals surface area contributed by atoms with Crippen molar-refractivity contribution in [3.63, 3.8) is 0 Å². The van der Waals surface area contributed by atoms with E-state index >= 15 is 0 Å². The third kappa shape index (κ3) is 3.94. The van der Waals surface area contributed by atoms with Crippen LogP contribution in [0.5, 0.6) is 0 Å². The lowest BCUT2D eigenvalue weighted by atomic mass is 9.93. The van der Waals surface area contributed by atoms with Gasteiger partial charge in [0, 0.05) is 17.6 Å². The van der Waals surface area contributed by atoms with Crippen molar-refractivity contribution in [3.05, 3.63) is 34.3 Å². The molecule has 0 aliphatic rings. The topological polar surface area (TPSA) is 55.1 Å². The predicted octanol–water partition coefficient (Wildman–Crippen LogP) is 2.05. The molecular formula is C12H17BrN2O. The average molecular weight is 285 g/mol. The smallest absolute Gasteiger partial charge is 0.224 e. The van der Waals surface area contributed by atoms with Crippen LogP contribution in [0.1, 0.15) is 19.4 Å². The minimum Gasteiger partial charge on any atom is -0.369 e. The highest BCUT2D eigenvalue weighted by Crippen LogP contribution is 2.14. The van der Waals surface area contributed by atoms with E-state index in [2.05, 4.69) is 21.2 Å². The molecule has 1 aromatic carbocycles. The van der Waals surface area contributed by atoms with Gasteiger partial charge in [0.15, 0.2) is 0 Å². The molecule has 0 atom stereocenters. The Morgan fingerprint density at radius 1 is 1.50 bits per heavy atom. The lowest BCUT2D eigenvalue weighted by molar-refractivity contribution is -0.125. The summed E-state index contributed by atoms with van der Waals surface area (Å²) in [4.78, 5) is 11.1. The number of halogens is 1. The molecule has 1 rings (SSSR count). The first-order valence-corrected chi connectivity index (χ1v) is 5.96. The molecule has 0 radical (unpaired) electrons. The summed E-state index contributed by atoms with van der Waals surface area (Å²) in [5, 5.41) is 3.23. The van der Waals surface area contributed by atoms with Gasteiger partial charge in [-0.3, -0.25) is 4.79 Å². The van der Waals surface area contributed by atoms with Crippen LogP contribution < -0.4 is 11.1 Å². The van der Waals surface area contributed by atoms with Crippen molar-refractivity contribution in [1.82, 2.24) is 5.32 Å². The number of nitrogens with one attached hydrogen (secondary N) is 1. The van der Waals surface area contributed by atoms with E-state index in [1.807, 2.05) is 38.1 Å². The van der Waals surface area contributed by atoms with Gasteiger partial charge in [-0.25, -0.2) is 0 Å². The molecule has 1 amide bonds. The Hall–Kier alpha value is -0.870. The highest BCUT2D eigenvalue weighted by molar-refractivity contribution is 9.10. The second-order valence-corrected chi connectivity index (χ2v) is 5.40. The van der Waals surface area contributed by atoms with Crippen LogP contribution in [0.3, 0.4) is 0 Å². The molecule has 0 saturated carbocycles. The first-order valence-electron chi connectivity index (χ1n) is 5.17. The zero-order chi connectivity index (χ0) is 12.2. The van der Waals surface area contributed by atoms with Gasteiger partial charge in [0.2, 0.25) is 5.91 Å². The van der Waals surface area contributed by atoms with Crippen molar-refractivity contribution in [2.45, 2.75) is 20.4 Å². The zero-order valence-corrected chi connectivity index (χ0v) is 11.2. The molecule has 1 aromatic rings. The molecule has 0 spiro atoms. The minimum absolute atomic E-state index is 0.283. The Kier molecular flexibility index (Phi) is 4.50. The van der Waals surface area contributed by atoms with Crippen molar-refractivity contribution in [1.29, 1.82) is 0 Å². The van der Waals surface area contributed by atoms with Crippen LogP contribution in [-0.2, 0) is 11.3 Å². The molecule has 4 heteroatoms. The Morgan fingerprint density at radius 3 is 2.75 bits per heavy atom. The third-order valence-corrected chi connectivity index (χ3v) is 2.95. The minimum atomic E-state index is -0.508. The van der Waals surface area contributed by atoms with Gasteiger partial charge in [-0.05, 0) is 31.5 Å². The van der Waals surface area contributed by atoms with Gasteiger partial charge in [-0.15, -0.1) is 0 Å². The van der Waals surface area contributed by atoms with Gasteiger partial charge in [-0.2, -0.15) is 0 Å². The highest BCUT2D eigenvalue weighted by atomic mass is 79.9. The molecule has 0 aliphatic carbocycles. The van der Waals surface area contributed by atoms with Gasteiger partial charge in [0.1, 0.15) is 0 Å². The standard InChI is InChI=1S/C12H17BrN2O/c1-12(2,11(14)16)8-15-7-9-4-3-5-10(13)6-9/h3-6,15H,7-8H2,1-2H3,(H2,14,16). The highest BCUT2D eigenvalue weighted by Gasteiger charge is 2.23. The first-order chi connectivity index (χ1) is 7.42. The Bertz CT molecular complexity index is 377. The average Bonchev–Trinajstić information content (AvgIpc) is 2.17. The van der Waals surface area contributed by atoms with E-state index < -0.39 is 5.41 Å². The van der Waals surface area contributed by atoms with E-state index in [1.54, 1.807) is 0 Å². The monoisotopic (exact) mass is 284 g/mol. The molecule has 0 bridgehead atoms. The fourth-order valence-corrected chi connectivity index (χ4v) is 1.70. The Morgan fingerprint density at radius 2 is 2.19 bits per heavy atom. The third-order valence-electron chi connectivity index (χ3n) is 2.45. The lowest BCUT2D eigenvalue weighted by Crippen LogP contribution is -2.40. The molecule has 88 valence electrons. The summed E-state index contributed by atoms with van der Waals surface area (Å²) in [5.74, 6) is -0.283. The van der Waals surface area contributed by atoms with E-state index in [4.69, 9.17) is 5.73 Å². The molecule has 16 heavy (non-hydrogen) atoms. The molecule has 0 heterocycles. The molecular weight excluding hydrogens is 268 g/mol. The maximum Gasteiger partial charge on any atom is 0.224 e. The van der Waals surface area contributed by atoms with Gasteiger partial charge in [-0.1, -0.05) is 28.1 Å². The Balaban J connectivity index is 2.45. The van der Waals surface area contributed by atoms with E-state index in [1.165, 1.54) is 5.56 Å². The van der Waals surface area contributed by atoms with Crippen molar-refractivity contribution < 1.29 is 4.79 Å². The fourth-order valence-electron chi connectivity index (χ4n) is 1.25. The van der Waals surface area contributed by atoms with E-state index in [0.717, 1.165) is 11.0 Å². The van der Waals surface area contributed by atoms with Crippen LogP contribution in [0.2, 0.25) is 0 Å². The second-order valence-electron chi connectivity index (χ2n) is 4.48. The van der Waals surface area contributed by atoms with E-state index in [9.17, 15) is 4.79 Å². The number of amides is 1. The summed E-state index contributed by atoms with van der Waals surface area (Å²) in [6.45, 7) is 4.98. The number of hydrogen-bond donors (Lipinski definition) is 2. The molecule has 3 nitrogen and oxygen atoms in total. The molecule has 0 aliphatic heterocycles. The van der Waals surface area contributed by atoms with Crippen LogP contribution in [0.15, 0.2) is 28.7 Å². The fraction of sp³-hybridized carbons (Fsp3) is 0.417. The van der Waals surface area contributed by atoms with Gasteiger partial charge in [0.25, 0.3) is 0 Å². The zero-order valence-electron chi connectivity index (χ0n) is 9.59. The van der Waals surface area contributed by atoms with Crippen LogP contribution in [0, 0.1) is 5.41 Å². The maximum absolute atomic E-state index is 11.1. The number of benzene rings is 1. The quantitative estimate of drug-likeness (QED) is 0.870. The summed E-state index contributed by atoms with van der Waals surface area (Å²) in [5.41, 5.74) is 5.96. The summed E-state index contributed by atoms with van der Waals surface area (Å²) >= 11 is 3.41. The molecule has 3 N–H and O–H groups in total. The lowest BCUT2D eigenvalue weighted by Gasteiger charge is -2.20. The largest absolute Gasteiger partial charge is 0.369 e. The molecule has 0 aromatic heterocycles. The predicted molar refractivity (Wildman–Crippen MR) is 68.8 cm³/mol. The van der Waals surface area contributed by atoms with Gasteiger partial charge >= 0.3 is 0 Å². The second kappa shape index (κ2) is 5.46. The van der Waals surface area contributed by atoms with Crippen LogP contribution >= 0.6 is 15.9 Å². The summed E-state index contributed by atoms with van der Waals surface area (Å²) in [7, 11) is 0. The number of rotatable bonds is 5. The maximum atomic E-state index is 11.1. The van der Waals surface area contributed by atoms with Crippen LogP contribution in [0.4, 0.5) is 0 Å². The van der Waals surface area contributed by atoms with Gasteiger partial charge in [0.05, 0.1) is 5.41 Å². The van der Waals surface area contributed by atoms with Crippen molar-refractivity contribution in [3.8, 4) is 0 Å². The van der Waals surface area contributed by atoms with Gasteiger partial charge < -0.3 is 11.1 Å². The summed E-state index contributed by atoms with van der Waals surface area (Å²) < 4.78 is 1.06. The number of carbonyl (C=O) groups excluding carboxylic acids is 1. The normalized spacial score (nSPS) is 11.4. The molecule has 0 fully saturated rings. The molecule has 0 saturated heterocycles. The Labute approximate surface area is 105 Å². The van der Waals surface area contributed by atoms with E-state index in [-0.39, 0.29) is 5.91 Å². The SMILES string of the molecule is CC(C)(CNCc1cccc(Br)c1)C(N)=O. The summed E-state index contributed by atoms with van der Waals surface area (Å²) in [6, 6.07) is 8.05. The first kappa shape index (κ1) is 13.2. The van der Waals surface area contributed by atoms with Crippen molar-refractivity contribution >= 4 is 21.8 Å². The van der Waals surface area contributed by atoms with Crippen LogP contribution in [0.25, 0.3) is 0 Å². The van der Waals surface area contributed by atoms with Crippen molar-refractivity contribution in [2.75, 3.05) is 6.54 Å². The van der Waals surface area contributed by atoms with Crippen molar-refractivity contribution in [2.24, 2.45) is 11.1 Å². The number of carbonyl (C=O) groups is 1.